The van der Waals surface area contributed by atoms with Crippen molar-refractivity contribution in [1.82, 2.24) is 35.1 Å². The Hall–Kier alpha value is -4.92. The molecule has 4 aliphatic heterocycles. The number of nitrogens with two attached hydrogens (primary N) is 1. The maximum Gasteiger partial charge on any atom is 0.278 e. The van der Waals surface area contributed by atoms with Crippen LogP contribution in [0, 0.1) is 11.8 Å². The summed E-state index contributed by atoms with van der Waals surface area (Å²) in [7, 11) is 0. The normalized spacial score (nSPS) is 21.5. The highest BCUT2D eigenvalue weighted by molar-refractivity contribution is 5.99. The number of hydrogen-bond donors (Lipinski definition) is 2. The number of nitrogens with one attached hydrogen (secondary N) is 1. The maximum atomic E-state index is 13.3. The molecule has 47 heavy (non-hydrogen) atoms. The predicted octanol–water partition coefficient (Wildman–Crippen LogP) is -0.240. The van der Waals surface area contributed by atoms with Crippen LogP contribution < -0.4 is 26.4 Å². The van der Waals surface area contributed by atoms with E-state index in [4.69, 9.17) is 5.73 Å². The van der Waals surface area contributed by atoms with Crippen LogP contribution in [-0.2, 0) is 14.4 Å². The smallest absolute Gasteiger partial charge is 0.278 e. The van der Waals surface area contributed by atoms with E-state index in [0.717, 1.165) is 74.8 Å². The fraction of sp³-hybridized carbons (Fsp3) is 0.500. The van der Waals surface area contributed by atoms with Crippen molar-refractivity contribution in [3.8, 4) is 0 Å². The van der Waals surface area contributed by atoms with E-state index in [2.05, 4.69) is 35.3 Å². The van der Waals surface area contributed by atoms with Gasteiger partial charge in [0.1, 0.15) is 17.4 Å². The Morgan fingerprint density at radius 1 is 0.915 bits per heavy atom. The van der Waals surface area contributed by atoms with Crippen LogP contribution in [0.3, 0.4) is 0 Å². The van der Waals surface area contributed by atoms with Crippen LogP contribution in [0.5, 0.6) is 0 Å². The average molecular weight is 643 g/mol. The largest absolute Gasteiger partial charge is 0.370 e. The van der Waals surface area contributed by atoms with Gasteiger partial charge in [-0.1, -0.05) is 5.21 Å². The summed E-state index contributed by atoms with van der Waals surface area (Å²) in [6.45, 7) is 7.36. The zero-order valence-corrected chi connectivity index (χ0v) is 26.1. The minimum absolute atomic E-state index is 0.0864. The zero-order valence-electron chi connectivity index (χ0n) is 26.1. The highest BCUT2D eigenvalue weighted by atomic mass is 16.2. The molecule has 7 rings (SSSR count). The summed E-state index contributed by atoms with van der Waals surface area (Å²) in [5.74, 6) is 0.131. The van der Waals surface area contributed by atoms with E-state index in [9.17, 15) is 24.0 Å². The Kier molecular flexibility index (Phi) is 8.30. The number of hydrogen-bond acceptors (Lipinski definition) is 11. The van der Waals surface area contributed by atoms with E-state index in [1.165, 1.54) is 6.20 Å². The van der Waals surface area contributed by atoms with Gasteiger partial charge in [-0.15, -0.1) is 5.10 Å². The van der Waals surface area contributed by atoms with E-state index < -0.39 is 23.4 Å². The number of benzene rings is 1. The lowest BCUT2D eigenvalue weighted by atomic mass is 9.92. The molecule has 0 aliphatic carbocycles. The molecule has 1 atom stereocenters. The third-order valence-electron chi connectivity index (χ3n) is 9.94. The Labute approximate surface area is 270 Å². The van der Waals surface area contributed by atoms with Gasteiger partial charge >= 0.3 is 0 Å². The molecule has 0 spiro atoms. The second kappa shape index (κ2) is 12.7. The summed E-state index contributed by atoms with van der Waals surface area (Å²) in [4.78, 5) is 75.0. The molecule has 4 fully saturated rings. The fourth-order valence-electron chi connectivity index (χ4n) is 7.04. The highest BCUT2D eigenvalue weighted by Gasteiger charge is 2.37. The summed E-state index contributed by atoms with van der Waals surface area (Å²) in [5, 5.41) is 10.7. The number of fused-ring (bicyclic) bond motifs is 1. The molecule has 246 valence electrons. The van der Waals surface area contributed by atoms with Crippen LogP contribution in [0.1, 0.15) is 42.1 Å². The summed E-state index contributed by atoms with van der Waals surface area (Å²) < 4.78 is 1.06. The number of aromatic nitrogens is 4. The topological polar surface area (TPSA) is 180 Å². The standard InChI is InChI=1S/C32H38N10O5/c33-29(44)21-1-5-27(34-16-21)39-13-11-38(12-14-39)17-20-7-9-40(10-8-20)31(46)22-18-41(19-22)23-2-3-25-24(15-23)32(47)42(37-36-25)26-4-6-28(43)35-30(26)45/h1-3,5,15-16,20,22,26H,4,6-14,17-19H2,(H2,33,44)(H,35,43,45). The van der Waals surface area contributed by atoms with Gasteiger partial charge in [0.2, 0.25) is 17.7 Å². The average Bonchev–Trinajstić information content (AvgIpc) is 3.05. The quantitative estimate of drug-likeness (QED) is 0.325. The van der Waals surface area contributed by atoms with Gasteiger partial charge in [-0.05, 0) is 55.5 Å². The molecule has 4 amide bonds. The van der Waals surface area contributed by atoms with Crippen molar-refractivity contribution in [2.24, 2.45) is 17.6 Å². The number of rotatable bonds is 7. The molecular formula is C32H38N10O5. The van der Waals surface area contributed by atoms with Crippen molar-refractivity contribution in [3.63, 3.8) is 0 Å². The fourth-order valence-corrected chi connectivity index (χ4v) is 7.04. The predicted molar refractivity (Wildman–Crippen MR) is 172 cm³/mol. The molecule has 2 aromatic heterocycles. The van der Waals surface area contributed by atoms with E-state index in [0.29, 0.717) is 35.5 Å². The molecule has 4 saturated heterocycles. The van der Waals surface area contributed by atoms with E-state index in [1.54, 1.807) is 18.2 Å². The summed E-state index contributed by atoms with van der Waals surface area (Å²) in [6.07, 6.45) is 3.85. The van der Waals surface area contributed by atoms with Gasteiger partial charge in [-0.25, -0.2) is 4.98 Å². The Morgan fingerprint density at radius 3 is 2.36 bits per heavy atom. The van der Waals surface area contributed by atoms with Gasteiger partial charge in [0.05, 0.1) is 16.9 Å². The van der Waals surface area contributed by atoms with E-state index in [-0.39, 0.29) is 30.6 Å². The monoisotopic (exact) mass is 642 g/mol. The lowest BCUT2D eigenvalue weighted by Gasteiger charge is -2.44. The number of nitrogens with zero attached hydrogens (tertiary/aromatic N) is 8. The molecule has 6 heterocycles. The molecule has 15 heteroatoms. The lowest BCUT2D eigenvalue weighted by Crippen LogP contribution is -2.56. The van der Waals surface area contributed by atoms with Crippen LogP contribution in [0.25, 0.3) is 10.9 Å². The number of carbonyl (C=O) groups is 4. The highest BCUT2D eigenvalue weighted by Crippen LogP contribution is 2.29. The van der Waals surface area contributed by atoms with Crippen LogP contribution in [0.2, 0.25) is 0 Å². The van der Waals surface area contributed by atoms with Crippen LogP contribution >= 0.6 is 0 Å². The van der Waals surface area contributed by atoms with Crippen molar-refractivity contribution in [1.29, 1.82) is 0 Å². The number of pyridine rings is 1. The third-order valence-corrected chi connectivity index (χ3v) is 9.94. The molecule has 4 aliphatic rings. The van der Waals surface area contributed by atoms with Gasteiger partial charge in [0.25, 0.3) is 11.5 Å². The Balaban J connectivity index is 0.878. The van der Waals surface area contributed by atoms with Gasteiger partial charge < -0.3 is 20.4 Å². The molecule has 3 N–H and O–H groups in total. The number of primary amides is 1. The zero-order chi connectivity index (χ0) is 32.7. The molecule has 3 aromatic rings. The Bertz CT molecular complexity index is 1760. The van der Waals surface area contributed by atoms with Crippen LogP contribution in [0.4, 0.5) is 11.5 Å². The van der Waals surface area contributed by atoms with Crippen molar-refractivity contribution in [3.05, 3.63) is 52.4 Å². The molecule has 1 unspecified atom stereocenters. The van der Waals surface area contributed by atoms with Crippen LogP contribution in [0.15, 0.2) is 41.3 Å². The van der Waals surface area contributed by atoms with Crippen molar-refractivity contribution in [2.75, 3.05) is 68.7 Å². The number of amides is 4. The summed E-state index contributed by atoms with van der Waals surface area (Å²) in [5.41, 5.74) is 6.54. The van der Waals surface area contributed by atoms with E-state index >= 15 is 0 Å². The van der Waals surface area contributed by atoms with Gasteiger partial charge in [-0.3, -0.25) is 34.2 Å². The first-order valence-electron chi connectivity index (χ1n) is 16.2. The molecule has 0 radical (unpaired) electrons. The van der Waals surface area contributed by atoms with Gasteiger partial charge in [-0.2, -0.15) is 4.68 Å². The number of piperidine rings is 2. The lowest BCUT2D eigenvalue weighted by molar-refractivity contribution is -0.138. The first kappa shape index (κ1) is 30.7. The van der Waals surface area contributed by atoms with Crippen molar-refractivity contribution >= 4 is 46.0 Å². The summed E-state index contributed by atoms with van der Waals surface area (Å²) >= 11 is 0. The maximum absolute atomic E-state index is 13.3. The van der Waals surface area contributed by atoms with E-state index in [1.807, 2.05) is 17.0 Å². The Morgan fingerprint density at radius 2 is 1.68 bits per heavy atom. The summed E-state index contributed by atoms with van der Waals surface area (Å²) in [6, 6.07) is 8.04. The minimum Gasteiger partial charge on any atom is -0.370 e. The van der Waals surface area contributed by atoms with Crippen molar-refractivity contribution < 1.29 is 19.2 Å². The number of imide groups is 1. The molecule has 1 aromatic carbocycles. The molecule has 0 saturated carbocycles. The van der Waals surface area contributed by atoms with Crippen molar-refractivity contribution in [2.45, 2.75) is 31.7 Å². The number of anilines is 2. The second-order valence-corrected chi connectivity index (χ2v) is 12.9. The first-order valence-corrected chi connectivity index (χ1v) is 16.2. The van der Waals surface area contributed by atoms with Gasteiger partial charge in [0, 0.05) is 77.2 Å². The number of likely N-dealkylation sites (tertiary alicyclic amines) is 1. The third kappa shape index (κ3) is 6.26. The second-order valence-electron chi connectivity index (χ2n) is 12.9. The SMILES string of the molecule is NC(=O)c1ccc(N2CCN(CC3CCN(C(=O)C4CN(c5ccc6nnn(C7CCC(=O)NC7=O)c(=O)c6c5)C4)CC3)CC2)nc1. The minimum atomic E-state index is -0.876. The van der Waals surface area contributed by atoms with Gasteiger partial charge in [0.15, 0.2) is 0 Å². The van der Waals surface area contributed by atoms with Crippen LogP contribution in [-0.4, -0.2) is 112 Å². The number of piperazine rings is 1. The molecule has 0 bridgehead atoms. The molecule has 15 nitrogen and oxygen atoms in total. The first-order chi connectivity index (χ1) is 22.7. The molecular weight excluding hydrogens is 604 g/mol. The number of carbonyl (C=O) groups excluding carboxylic acids is 4.